The zero-order valence-electron chi connectivity index (χ0n) is 17.5. The molecule has 0 bridgehead atoms. The van der Waals surface area contributed by atoms with Gasteiger partial charge in [0.1, 0.15) is 5.56 Å². The summed E-state index contributed by atoms with van der Waals surface area (Å²) in [5.74, 6) is -0.0420. The molecular weight excluding hydrogens is 406 g/mol. The maximum atomic E-state index is 12.9. The average Bonchev–Trinajstić information content (AvgIpc) is 2.94. The molecule has 1 aliphatic heterocycles. The number of rotatable bonds is 6. The molecule has 0 aromatic heterocycles. The van der Waals surface area contributed by atoms with Crippen LogP contribution in [0.2, 0.25) is 0 Å². The van der Waals surface area contributed by atoms with E-state index in [2.05, 4.69) is 6.92 Å². The van der Waals surface area contributed by atoms with Crippen molar-refractivity contribution in [3.63, 3.8) is 0 Å². The minimum Gasteiger partial charge on any atom is -0.493 e. The van der Waals surface area contributed by atoms with Crippen LogP contribution in [0.15, 0.2) is 41.3 Å². The summed E-state index contributed by atoms with van der Waals surface area (Å²) in [5, 5.41) is 0.391. The van der Waals surface area contributed by atoms with Gasteiger partial charge in [-0.2, -0.15) is 0 Å². The molecule has 2 aromatic carbocycles. The van der Waals surface area contributed by atoms with E-state index in [1.807, 2.05) is 24.3 Å². The fourth-order valence-electron chi connectivity index (χ4n) is 3.29. The van der Waals surface area contributed by atoms with Crippen molar-refractivity contribution in [1.29, 1.82) is 0 Å². The van der Waals surface area contributed by atoms with Crippen molar-refractivity contribution in [3.8, 4) is 17.2 Å². The molecule has 1 amide bonds. The SMILES string of the molecule is COc1ccc(C(=O)OCC(=O)N2CCC(C)Sc3ccccc32)c(OC)c1OC. The molecule has 0 radical (unpaired) electrons. The molecule has 0 fully saturated rings. The summed E-state index contributed by atoms with van der Waals surface area (Å²) in [6, 6.07) is 10.9. The smallest absolute Gasteiger partial charge is 0.342 e. The highest BCUT2D eigenvalue weighted by atomic mass is 32.2. The number of thioether (sulfide) groups is 1. The van der Waals surface area contributed by atoms with Crippen LogP contribution in [-0.2, 0) is 9.53 Å². The van der Waals surface area contributed by atoms with Gasteiger partial charge in [-0.1, -0.05) is 19.1 Å². The maximum absolute atomic E-state index is 12.9. The second-order valence-corrected chi connectivity index (χ2v) is 8.17. The molecule has 0 N–H and O–H groups in total. The van der Waals surface area contributed by atoms with Gasteiger partial charge in [0.05, 0.1) is 27.0 Å². The Hall–Kier alpha value is -2.87. The zero-order valence-corrected chi connectivity index (χ0v) is 18.3. The molecule has 1 aliphatic rings. The molecule has 30 heavy (non-hydrogen) atoms. The average molecular weight is 432 g/mol. The lowest BCUT2D eigenvalue weighted by atomic mass is 10.1. The molecule has 160 valence electrons. The Morgan fingerprint density at radius 1 is 1.03 bits per heavy atom. The molecule has 1 unspecified atom stereocenters. The number of amides is 1. The van der Waals surface area contributed by atoms with E-state index < -0.39 is 5.97 Å². The van der Waals surface area contributed by atoms with Crippen molar-refractivity contribution in [2.24, 2.45) is 0 Å². The van der Waals surface area contributed by atoms with Crippen LogP contribution in [0.3, 0.4) is 0 Å². The Kier molecular flexibility index (Phi) is 7.10. The van der Waals surface area contributed by atoms with E-state index in [1.54, 1.807) is 22.7 Å². The van der Waals surface area contributed by atoms with Gasteiger partial charge in [0, 0.05) is 16.7 Å². The number of nitrogens with zero attached hydrogens (tertiary/aromatic N) is 1. The van der Waals surface area contributed by atoms with E-state index in [0.29, 0.717) is 17.5 Å². The highest BCUT2D eigenvalue weighted by Crippen LogP contribution is 2.40. The molecule has 0 spiro atoms. The summed E-state index contributed by atoms with van der Waals surface area (Å²) in [5.41, 5.74) is 1.000. The molecule has 2 aromatic rings. The first-order chi connectivity index (χ1) is 14.5. The van der Waals surface area contributed by atoms with Crippen LogP contribution < -0.4 is 19.1 Å². The highest BCUT2D eigenvalue weighted by molar-refractivity contribution is 8.00. The number of hydrogen-bond acceptors (Lipinski definition) is 7. The second-order valence-electron chi connectivity index (χ2n) is 6.69. The molecule has 0 saturated carbocycles. The fourth-order valence-corrected chi connectivity index (χ4v) is 4.40. The minimum absolute atomic E-state index is 0.156. The predicted octanol–water partition coefficient (Wildman–Crippen LogP) is 3.79. The molecule has 3 rings (SSSR count). The number of carbonyl (C=O) groups is 2. The van der Waals surface area contributed by atoms with Gasteiger partial charge in [0.2, 0.25) is 5.75 Å². The number of esters is 1. The number of para-hydroxylation sites is 1. The lowest BCUT2D eigenvalue weighted by Crippen LogP contribution is -2.35. The van der Waals surface area contributed by atoms with Crippen LogP contribution in [0, 0.1) is 0 Å². The largest absolute Gasteiger partial charge is 0.493 e. The Morgan fingerprint density at radius 3 is 2.47 bits per heavy atom. The van der Waals surface area contributed by atoms with Crippen molar-refractivity contribution in [2.75, 3.05) is 39.4 Å². The van der Waals surface area contributed by atoms with Gasteiger partial charge in [0.25, 0.3) is 5.91 Å². The van der Waals surface area contributed by atoms with Crippen molar-refractivity contribution in [1.82, 2.24) is 0 Å². The summed E-state index contributed by atoms with van der Waals surface area (Å²) in [6.45, 7) is 2.34. The quantitative estimate of drug-likeness (QED) is 0.644. The summed E-state index contributed by atoms with van der Waals surface area (Å²) in [6.07, 6.45) is 0.850. The summed E-state index contributed by atoms with van der Waals surface area (Å²) in [7, 11) is 4.37. The Labute approximate surface area is 180 Å². The molecule has 0 saturated heterocycles. The number of carbonyl (C=O) groups excluding carboxylic acids is 2. The molecule has 1 heterocycles. The third-order valence-electron chi connectivity index (χ3n) is 4.80. The third-order valence-corrected chi connectivity index (χ3v) is 6.03. The first-order valence-electron chi connectivity index (χ1n) is 9.52. The van der Waals surface area contributed by atoms with E-state index in [9.17, 15) is 9.59 Å². The maximum Gasteiger partial charge on any atom is 0.342 e. The molecule has 0 aliphatic carbocycles. The van der Waals surface area contributed by atoms with Crippen LogP contribution in [0.25, 0.3) is 0 Å². The lowest BCUT2D eigenvalue weighted by Gasteiger charge is -2.22. The van der Waals surface area contributed by atoms with Crippen LogP contribution in [0.1, 0.15) is 23.7 Å². The number of methoxy groups -OCH3 is 3. The van der Waals surface area contributed by atoms with Crippen LogP contribution in [0.4, 0.5) is 5.69 Å². The Morgan fingerprint density at radius 2 is 1.77 bits per heavy atom. The second kappa shape index (κ2) is 9.75. The standard InChI is InChI=1S/C22H25NO6S/c1-14-11-12-23(16-7-5-6-8-18(16)30-14)19(24)13-29-22(25)15-9-10-17(26-2)21(28-4)20(15)27-3/h5-10,14H,11-13H2,1-4H3. The van der Waals surface area contributed by atoms with Gasteiger partial charge >= 0.3 is 5.97 Å². The lowest BCUT2D eigenvalue weighted by molar-refractivity contribution is -0.121. The van der Waals surface area contributed by atoms with E-state index in [-0.39, 0.29) is 29.6 Å². The van der Waals surface area contributed by atoms with Crippen molar-refractivity contribution in [3.05, 3.63) is 42.0 Å². The monoisotopic (exact) mass is 431 g/mol. The predicted molar refractivity (Wildman–Crippen MR) is 115 cm³/mol. The topological polar surface area (TPSA) is 74.3 Å². The number of ether oxygens (including phenoxy) is 4. The zero-order chi connectivity index (χ0) is 21.7. The number of fused-ring (bicyclic) bond motifs is 1. The summed E-state index contributed by atoms with van der Waals surface area (Å²) >= 11 is 1.74. The van der Waals surface area contributed by atoms with Crippen LogP contribution in [-0.4, -0.2) is 51.6 Å². The van der Waals surface area contributed by atoms with Crippen molar-refractivity contribution < 1.29 is 28.5 Å². The van der Waals surface area contributed by atoms with E-state index in [4.69, 9.17) is 18.9 Å². The van der Waals surface area contributed by atoms with Crippen molar-refractivity contribution >= 4 is 29.3 Å². The number of benzene rings is 2. The summed E-state index contributed by atoms with van der Waals surface area (Å²) < 4.78 is 21.2. The third kappa shape index (κ3) is 4.48. The first-order valence-corrected chi connectivity index (χ1v) is 10.4. The van der Waals surface area contributed by atoms with Gasteiger partial charge in [0.15, 0.2) is 18.1 Å². The summed E-state index contributed by atoms with van der Waals surface area (Å²) in [4.78, 5) is 28.3. The Balaban J connectivity index is 1.76. The molecular formula is C22H25NO6S. The number of anilines is 1. The van der Waals surface area contributed by atoms with E-state index in [1.165, 1.54) is 27.4 Å². The van der Waals surface area contributed by atoms with Gasteiger partial charge in [-0.15, -0.1) is 11.8 Å². The van der Waals surface area contributed by atoms with Gasteiger partial charge in [-0.25, -0.2) is 4.79 Å². The van der Waals surface area contributed by atoms with Crippen LogP contribution >= 0.6 is 11.8 Å². The van der Waals surface area contributed by atoms with Gasteiger partial charge in [-0.3, -0.25) is 4.79 Å². The molecule has 7 nitrogen and oxygen atoms in total. The van der Waals surface area contributed by atoms with Crippen LogP contribution in [0.5, 0.6) is 17.2 Å². The fraction of sp³-hybridized carbons (Fsp3) is 0.364. The van der Waals surface area contributed by atoms with Crippen molar-refractivity contribution in [2.45, 2.75) is 23.5 Å². The van der Waals surface area contributed by atoms with Gasteiger partial charge in [-0.05, 0) is 30.7 Å². The molecule has 8 heteroatoms. The first kappa shape index (κ1) is 21.8. The normalized spacial score (nSPS) is 15.6. The number of hydrogen-bond donors (Lipinski definition) is 0. The van der Waals surface area contributed by atoms with E-state index >= 15 is 0 Å². The van der Waals surface area contributed by atoms with E-state index in [0.717, 1.165) is 17.0 Å². The minimum atomic E-state index is -0.674. The highest BCUT2D eigenvalue weighted by Gasteiger charge is 2.26. The van der Waals surface area contributed by atoms with Gasteiger partial charge < -0.3 is 23.8 Å². The Bertz CT molecular complexity index is 932. The molecule has 1 atom stereocenters.